The number of fused-ring (bicyclic) bond motifs is 1. The predicted octanol–water partition coefficient (Wildman–Crippen LogP) is 0.0378. The van der Waals surface area contributed by atoms with Crippen LogP contribution >= 0.6 is 0 Å². The molecule has 5 heteroatoms. The van der Waals surface area contributed by atoms with Crippen molar-refractivity contribution in [1.82, 2.24) is 14.5 Å². The molecular formula is C8H9N3O2. The highest BCUT2D eigenvalue weighted by Crippen LogP contribution is 2.02. The van der Waals surface area contributed by atoms with Gasteiger partial charge < -0.3 is 4.98 Å². The molecule has 0 spiro atoms. The van der Waals surface area contributed by atoms with Gasteiger partial charge in [0.05, 0.1) is 5.39 Å². The van der Waals surface area contributed by atoms with E-state index in [1.54, 1.807) is 12.3 Å². The molecule has 68 valence electrons. The van der Waals surface area contributed by atoms with Crippen LogP contribution in [-0.4, -0.2) is 14.5 Å². The second-order valence-electron chi connectivity index (χ2n) is 2.74. The van der Waals surface area contributed by atoms with Crippen molar-refractivity contribution < 1.29 is 0 Å². The van der Waals surface area contributed by atoms with Gasteiger partial charge in [0.25, 0.3) is 5.56 Å². The SMILES string of the molecule is CCn1c(=O)[nH]c(=O)c2cc[nH]c21. The summed E-state index contributed by atoms with van der Waals surface area (Å²) in [6, 6.07) is 1.65. The molecule has 13 heavy (non-hydrogen) atoms. The van der Waals surface area contributed by atoms with E-state index in [1.807, 2.05) is 6.92 Å². The number of H-pyrrole nitrogens is 2. The fraction of sp³-hybridized carbons (Fsp3) is 0.250. The zero-order valence-corrected chi connectivity index (χ0v) is 7.13. The molecule has 2 aromatic heterocycles. The first-order valence-corrected chi connectivity index (χ1v) is 4.04. The highest BCUT2D eigenvalue weighted by Gasteiger charge is 2.05. The average molecular weight is 179 g/mol. The number of aromatic amines is 2. The van der Waals surface area contributed by atoms with E-state index < -0.39 is 0 Å². The lowest BCUT2D eigenvalue weighted by atomic mass is 10.4. The van der Waals surface area contributed by atoms with Gasteiger partial charge in [-0.1, -0.05) is 0 Å². The second-order valence-corrected chi connectivity index (χ2v) is 2.74. The lowest BCUT2D eigenvalue weighted by Crippen LogP contribution is -2.29. The van der Waals surface area contributed by atoms with E-state index >= 15 is 0 Å². The smallest absolute Gasteiger partial charge is 0.329 e. The third-order valence-electron chi connectivity index (χ3n) is 2.02. The van der Waals surface area contributed by atoms with Gasteiger partial charge >= 0.3 is 5.69 Å². The Labute approximate surface area is 73.0 Å². The molecule has 0 atom stereocenters. The fourth-order valence-corrected chi connectivity index (χ4v) is 1.40. The van der Waals surface area contributed by atoms with Crippen molar-refractivity contribution in [3.8, 4) is 0 Å². The van der Waals surface area contributed by atoms with E-state index in [0.717, 1.165) is 0 Å². The van der Waals surface area contributed by atoms with E-state index in [0.29, 0.717) is 17.6 Å². The van der Waals surface area contributed by atoms with Gasteiger partial charge in [-0.3, -0.25) is 14.3 Å². The minimum atomic E-state index is -0.373. The van der Waals surface area contributed by atoms with Crippen molar-refractivity contribution in [3.05, 3.63) is 33.1 Å². The van der Waals surface area contributed by atoms with Crippen molar-refractivity contribution in [2.24, 2.45) is 0 Å². The molecule has 0 aliphatic heterocycles. The summed E-state index contributed by atoms with van der Waals surface area (Å²) in [5.74, 6) is 0. The molecule has 2 aromatic rings. The highest BCUT2D eigenvalue weighted by atomic mass is 16.2. The molecule has 2 heterocycles. The van der Waals surface area contributed by atoms with Gasteiger partial charge in [-0.2, -0.15) is 0 Å². The van der Waals surface area contributed by atoms with Crippen LogP contribution in [0.25, 0.3) is 11.0 Å². The Morgan fingerprint density at radius 2 is 2.23 bits per heavy atom. The van der Waals surface area contributed by atoms with Gasteiger partial charge in [-0.25, -0.2) is 4.79 Å². The standard InChI is InChI=1S/C8H9N3O2/c1-2-11-6-5(3-4-9-6)7(12)10-8(11)13/h3-4,9H,2H2,1H3,(H,10,12,13). The second kappa shape index (κ2) is 2.62. The first-order valence-electron chi connectivity index (χ1n) is 4.04. The number of nitrogens with one attached hydrogen (secondary N) is 2. The maximum Gasteiger partial charge on any atom is 0.329 e. The minimum Gasteiger partial charge on any atom is -0.347 e. The molecule has 0 aliphatic carbocycles. The highest BCUT2D eigenvalue weighted by molar-refractivity contribution is 5.74. The summed E-state index contributed by atoms with van der Waals surface area (Å²) in [7, 11) is 0. The number of hydrogen-bond donors (Lipinski definition) is 2. The van der Waals surface area contributed by atoms with Crippen LogP contribution in [0.3, 0.4) is 0 Å². The van der Waals surface area contributed by atoms with E-state index in [1.165, 1.54) is 4.57 Å². The summed E-state index contributed by atoms with van der Waals surface area (Å²) in [6.45, 7) is 2.38. The van der Waals surface area contributed by atoms with Crippen LogP contribution in [0, 0.1) is 0 Å². The zero-order valence-electron chi connectivity index (χ0n) is 7.13. The Kier molecular flexibility index (Phi) is 1.58. The Morgan fingerprint density at radius 3 is 2.92 bits per heavy atom. The van der Waals surface area contributed by atoms with Gasteiger partial charge in [0, 0.05) is 12.7 Å². The van der Waals surface area contributed by atoms with Crippen LogP contribution in [0.2, 0.25) is 0 Å². The fourth-order valence-electron chi connectivity index (χ4n) is 1.40. The van der Waals surface area contributed by atoms with Crippen LogP contribution in [-0.2, 0) is 6.54 Å². The average Bonchev–Trinajstić information content (AvgIpc) is 2.53. The van der Waals surface area contributed by atoms with Crippen LogP contribution in [0.15, 0.2) is 21.9 Å². The van der Waals surface area contributed by atoms with Crippen molar-refractivity contribution in [2.45, 2.75) is 13.5 Å². The Morgan fingerprint density at radius 1 is 1.46 bits per heavy atom. The number of nitrogens with zero attached hydrogens (tertiary/aromatic N) is 1. The number of rotatable bonds is 1. The van der Waals surface area contributed by atoms with E-state index in [9.17, 15) is 9.59 Å². The summed E-state index contributed by atoms with van der Waals surface area (Å²) in [5.41, 5.74) is -0.135. The van der Waals surface area contributed by atoms with Gasteiger partial charge in [0.15, 0.2) is 0 Å². The molecule has 0 unspecified atom stereocenters. The molecule has 0 fully saturated rings. The molecule has 2 N–H and O–H groups in total. The van der Waals surface area contributed by atoms with Gasteiger partial charge in [0.1, 0.15) is 5.65 Å². The predicted molar refractivity (Wildman–Crippen MR) is 48.9 cm³/mol. The minimum absolute atomic E-state index is 0.342. The molecule has 0 saturated heterocycles. The first kappa shape index (κ1) is 7.85. The zero-order chi connectivity index (χ0) is 9.42. The molecule has 0 saturated carbocycles. The van der Waals surface area contributed by atoms with E-state index in [2.05, 4.69) is 9.97 Å². The maximum atomic E-state index is 11.3. The third-order valence-corrected chi connectivity index (χ3v) is 2.02. The lowest BCUT2D eigenvalue weighted by Gasteiger charge is -2.01. The third kappa shape index (κ3) is 1.00. The summed E-state index contributed by atoms with van der Waals surface area (Å²) in [4.78, 5) is 27.6. The molecule has 0 aliphatic rings. The first-order chi connectivity index (χ1) is 6.24. The quantitative estimate of drug-likeness (QED) is 0.648. The lowest BCUT2D eigenvalue weighted by molar-refractivity contribution is 0.720. The van der Waals surface area contributed by atoms with Gasteiger partial charge in [-0.15, -0.1) is 0 Å². The Hall–Kier alpha value is -1.78. The van der Waals surface area contributed by atoms with Gasteiger partial charge in [0.2, 0.25) is 0 Å². The van der Waals surface area contributed by atoms with Crippen LogP contribution in [0.5, 0.6) is 0 Å². The van der Waals surface area contributed by atoms with Gasteiger partial charge in [-0.05, 0) is 13.0 Å². The van der Waals surface area contributed by atoms with Crippen molar-refractivity contribution in [1.29, 1.82) is 0 Å². The maximum absolute atomic E-state index is 11.3. The van der Waals surface area contributed by atoms with Crippen LogP contribution < -0.4 is 11.2 Å². The topological polar surface area (TPSA) is 70.7 Å². The molecule has 2 rings (SSSR count). The molecule has 0 amide bonds. The van der Waals surface area contributed by atoms with Crippen molar-refractivity contribution >= 4 is 11.0 Å². The van der Waals surface area contributed by atoms with E-state index in [4.69, 9.17) is 0 Å². The summed E-state index contributed by atoms with van der Waals surface area (Å²) >= 11 is 0. The van der Waals surface area contributed by atoms with E-state index in [-0.39, 0.29) is 11.2 Å². The summed E-state index contributed by atoms with van der Waals surface area (Å²) in [5, 5.41) is 0.515. The summed E-state index contributed by atoms with van der Waals surface area (Å²) in [6.07, 6.45) is 1.64. The monoisotopic (exact) mass is 179 g/mol. The van der Waals surface area contributed by atoms with Crippen molar-refractivity contribution in [3.63, 3.8) is 0 Å². The van der Waals surface area contributed by atoms with Crippen molar-refractivity contribution in [2.75, 3.05) is 0 Å². The molecule has 0 radical (unpaired) electrons. The molecule has 0 aromatic carbocycles. The largest absolute Gasteiger partial charge is 0.347 e. The number of aromatic nitrogens is 3. The summed E-state index contributed by atoms with van der Waals surface area (Å²) < 4.78 is 1.48. The van der Waals surface area contributed by atoms with Crippen LogP contribution in [0.4, 0.5) is 0 Å². The Balaban J connectivity index is 3.06. The molecular weight excluding hydrogens is 170 g/mol. The van der Waals surface area contributed by atoms with Crippen LogP contribution in [0.1, 0.15) is 6.92 Å². The number of aryl methyl sites for hydroxylation is 1. The molecule has 0 bridgehead atoms. The molecule has 5 nitrogen and oxygen atoms in total. The normalized spacial score (nSPS) is 10.8. The Bertz CT molecular complexity index is 546. The number of hydrogen-bond acceptors (Lipinski definition) is 2.